The van der Waals surface area contributed by atoms with Gasteiger partial charge in [-0.2, -0.15) is 0 Å². The summed E-state index contributed by atoms with van der Waals surface area (Å²) >= 11 is 0. The highest BCUT2D eigenvalue weighted by Gasteiger charge is 2.17. The molecule has 0 spiro atoms. The molecule has 0 fully saturated rings. The third kappa shape index (κ3) is 5.55. The molecule has 3 aromatic heterocycles. The summed E-state index contributed by atoms with van der Waals surface area (Å²) in [4.78, 5) is 30.1. The Morgan fingerprint density at radius 1 is 0.260 bits per heavy atom. The summed E-state index contributed by atoms with van der Waals surface area (Å²) in [6, 6.07) is 57.0. The van der Waals surface area contributed by atoms with Crippen LogP contribution < -0.4 is 0 Å². The summed E-state index contributed by atoms with van der Waals surface area (Å²) in [7, 11) is 0. The highest BCUT2D eigenvalue weighted by Crippen LogP contribution is 2.34. The van der Waals surface area contributed by atoms with Crippen molar-refractivity contribution in [3.63, 3.8) is 0 Å². The molecular formula is C44H28N6. The van der Waals surface area contributed by atoms with Crippen LogP contribution in [0.4, 0.5) is 0 Å². The van der Waals surface area contributed by atoms with Crippen molar-refractivity contribution >= 4 is 21.8 Å². The lowest BCUT2D eigenvalue weighted by Crippen LogP contribution is -2.00. The molecule has 0 saturated carbocycles. The zero-order valence-corrected chi connectivity index (χ0v) is 26.8. The van der Waals surface area contributed by atoms with Gasteiger partial charge in [0.05, 0.1) is 16.9 Å². The molecule has 0 atom stereocenters. The predicted molar refractivity (Wildman–Crippen MR) is 201 cm³/mol. The lowest BCUT2D eigenvalue weighted by molar-refractivity contribution is 1.07. The first-order chi connectivity index (χ1) is 24.8. The maximum Gasteiger partial charge on any atom is 0.164 e. The molecule has 0 unspecified atom stereocenters. The maximum absolute atomic E-state index is 5.19. The summed E-state index contributed by atoms with van der Waals surface area (Å²) in [6.45, 7) is 0. The first-order valence-electron chi connectivity index (χ1n) is 16.5. The fraction of sp³-hybridized carbons (Fsp3) is 0. The van der Waals surface area contributed by atoms with E-state index in [9.17, 15) is 0 Å². The van der Waals surface area contributed by atoms with Gasteiger partial charge in [0, 0.05) is 44.2 Å². The average molecular weight is 641 g/mol. The van der Waals surface area contributed by atoms with Crippen molar-refractivity contribution in [2.75, 3.05) is 0 Å². The molecule has 9 rings (SSSR count). The first-order valence-corrected chi connectivity index (χ1v) is 16.5. The molecule has 0 N–H and O–H groups in total. The second-order valence-electron chi connectivity index (χ2n) is 12.0. The van der Waals surface area contributed by atoms with E-state index in [1.54, 1.807) is 0 Å². The van der Waals surface area contributed by atoms with Crippen LogP contribution in [0.2, 0.25) is 0 Å². The molecule has 234 valence electrons. The van der Waals surface area contributed by atoms with Gasteiger partial charge in [0.25, 0.3) is 0 Å². The Bertz CT molecular complexity index is 2550. The van der Waals surface area contributed by atoms with Gasteiger partial charge in [-0.1, -0.05) is 158 Å². The highest BCUT2D eigenvalue weighted by molar-refractivity contribution is 6.08. The van der Waals surface area contributed by atoms with Crippen molar-refractivity contribution in [2.45, 2.75) is 0 Å². The molecule has 0 bridgehead atoms. The molecule has 6 nitrogen and oxygen atoms in total. The number of hydrogen-bond acceptors (Lipinski definition) is 6. The number of nitrogens with zero attached hydrogens (tertiary/aromatic N) is 6. The van der Waals surface area contributed by atoms with Crippen LogP contribution in [0.3, 0.4) is 0 Å². The van der Waals surface area contributed by atoms with Crippen LogP contribution in [0.1, 0.15) is 0 Å². The Kier molecular flexibility index (Phi) is 7.37. The number of aromatic nitrogens is 6. The van der Waals surface area contributed by atoms with Crippen LogP contribution in [0.15, 0.2) is 170 Å². The molecule has 0 aliphatic heterocycles. The lowest BCUT2D eigenvalue weighted by Gasteiger charge is -2.12. The SMILES string of the molecule is c1ccc(-c2ccc3ccc4c(-c5ccccc5)nc(-c5ccc(-c6nc(-c7ccccc7)nc(-c7ccccc7)n6)cc5)nc4c3n2)cc1. The number of pyridine rings is 1. The van der Waals surface area contributed by atoms with Gasteiger partial charge in [-0.05, 0) is 12.1 Å². The lowest BCUT2D eigenvalue weighted by atomic mass is 10.0. The van der Waals surface area contributed by atoms with Crippen LogP contribution in [0.5, 0.6) is 0 Å². The number of rotatable bonds is 6. The molecule has 0 aliphatic carbocycles. The van der Waals surface area contributed by atoms with Gasteiger partial charge < -0.3 is 0 Å². The first kappa shape index (κ1) is 29.2. The number of hydrogen-bond donors (Lipinski definition) is 0. The largest absolute Gasteiger partial charge is 0.245 e. The van der Waals surface area contributed by atoms with Crippen molar-refractivity contribution in [1.29, 1.82) is 0 Å². The molecule has 0 radical (unpaired) electrons. The molecule has 6 heteroatoms. The van der Waals surface area contributed by atoms with Crippen LogP contribution in [-0.2, 0) is 0 Å². The highest BCUT2D eigenvalue weighted by atomic mass is 15.0. The topological polar surface area (TPSA) is 77.3 Å². The zero-order chi connectivity index (χ0) is 33.3. The van der Waals surface area contributed by atoms with Crippen LogP contribution in [-0.4, -0.2) is 29.9 Å². The van der Waals surface area contributed by atoms with Gasteiger partial charge in [-0.25, -0.2) is 29.9 Å². The Labute approximate surface area is 288 Å². The van der Waals surface area contributed by atoms with Crippen molar-refractivity contribution in [2.24, 2.45) is 0 Å². The molecule has 0 amide bonds. The van der Waals surface area contributed by atoms with Crippen molar-refractivity contribution in [3.8, 4) is 68.1 Å². The maximum atomic E-state index is 5.19. The molecule has 0 saturated heterocycles. The number of benzene rings is 6. The Balaban J connectivity index is 1.19. The summed E-state index contributed by atoms with van der Waals surface area (Å²) < 4.78 is 0. The molecule has 0 aliphatic rings. The molecule has 3 heterocycles. The predicted octanol–water partition coefficient (Wildman–Crippen LogP) is 10.4. The minimum Gasteiger partial charge on any atom is -0.245 e. The molecule has 9 aromatic rings. The number of fused-ring (bicyclic) bond motifs is 3. The molecule has 50 heavy (non-hydrogen) atoms. The van der Waals surface area contributed by atoms with E-state index in [0.717, 1.165) is 66.6 Å². The Hall–Kier alpha value is -6.92. The van der Waals surface area contributed by atoms with E-state index in [4.69, 9.17) is 29.9 Å². The van der Waals surface area contributed by atoms with E-state index in [2.05, 4.69) is 48.5 Å². The second-order valence-corrected chi connectivity index (χ2v) is 12.0. The summed E-state index contributed by atoms with van der Waals surface area (Å²) in [5.74, 6) is 2.46. The van der Waals surface area contributed by atoms with E-state index in [1.807, 2.05) is 121 Å². The monoisotopic (exact) mass is 640 g/mol. The van der Waals surface area contributed by atoms with Gasteiger partial charge in [0.15, 0.2) is 23.3 Å². The summed E-state index contributed by atoms with van der Waals surface area (Å²) in [5, 5.41) is 1.98. The van der Waals surface area contributed by atoms with E-state index < -0.39 is 0 Å². The van der Waals surface area contributed by atoms with E-state index in [1.165, 1.54) is 0 Å². The minimum absolute atomic E-state index is 0.595. The second kappa shape index (κ2) is 12.6. The molecular weight excluding hydrogens is 613 g/mol. The summed E-state index contributed by atoms with van der Waals surface area (Å²) in [6.07, 6.45) is 0. The van der Waals surface area contributed by atoms with Gasteiger partial charge >= 0.3 is 0 Å². The van der Waals surface area contributed by atoms with Gasteiger partial charge in [0.2, 0.25) is 0 Å². The van der Waals surface area contributed by atoms with E-state index >= 15 is 0 Å². The van der Waals surface area contributed by atoms with Gasteiger partial charge in [-0.3, -0.25) is 0 Å². The average Bonchev–Trinajstić information content (AvgIpc) is 3.21. The standard InChI is InChI=1S/C44H28N6/c1-5-13-29(14-6-1)37-28-26-31-25-27-36-38(30-15-7-2-8-16-30)46-41(47-40(36)39(31)45-37)34-21-23-35(24-22-34)44-49-42(32-17-9-3-10-18-32)48-43(50-44)33-19-11-4-12-20-33/h1-28H. The van der Waals surface area contributed by atoms with Gasteiger partial charge in [-0.15, -0.1) is 0 Å². The Morgan fingerprint density at radius 2 is 0.680 bits per heavy atom. The van der Waals surface area contributed by atoms with Crippen molar-refractivity contribution in [1.82, 2.24) is 29.9 Å². The van der Waals surface area contributed by atoms with Crippen molar-refractivity contribution < 1.29 is 0 Å². The van der Waals surface area contributed by atoms with Crippen LogP contribution >= 0.6 is 0 Å². The summed E-state index contributed by atoms with van der Waals surface area (Å²) in [5.41, 5.74) is 9.10. The van der Waals surface area contributed by atoms with E-state index in [-0.39, 0.29) is 0 Å². The Morgan fingerprint density at radius 3 is 1.20 bits per heavy atom. The van der Waals surface area contributed by atoms with E-state index in [0.29, 0.717) is 23.3 Å². The quantitative estimate of drug-likeness (QED) is 0.168. The van der Waals surface area contributed by atoms with Crippen LogP contribution in [0, 0.1) is 0 Å². The normalized spacial score (nSPS) is 11.2. The van der Waals surface area contributed by atoms with Crippen LogP contribution in [0.25, 0.3) is 89.9 Å². The minimum atomic E-state index is 0.595. The smallest absolute Gasteiger partial charge is 0.164 e. The third-order valence-corrected chi connectivity index (χ3v) is 8.74. The van der Waals surface area contributed by atoms with Gasteiger partial charge in [0.1, 0.15) is 5.52 Å². The fourth-order valence-corrected chi connectivity index (χ4v) is 6.20. The fourth-order valence-electron chi connectivity index (χ4n) is 6.20. The zero-order valence-electron chi connectivity index (χ0n) is 26.8. The third-order valence-electron chi connectivity index (χ3n) is 8.74. The van der Waals surface area contributed by atoms with Crippen molar-refractivity contribution in [3.05, 3.63) is 170 Å². The molecule has 6 aromatic carbocycles.